The summed E-state index contributed by atoms with van der Waals surface area (Å²) in [4.78, 5) is 11.9. The number of carbonyl (C=O) groups excluding carboxylic acids is 1. The van der Waals surface area contributed by atoms with Gasteiger partial charge in [-0.1, -0.05) is 21.1 Å². The minimum Gasteiger partial charge on any atom is -0.350 e. The van der Waals surface area contributed by atoms with Crippen LogP contribution in [0.4, 0.5) is 13.2 Å². The number of hydrogen-bond donors (Lipinski definition) is 1. The highest BCUT2D eigenvalue weighted by Gasteiger charge is 2.35. The van der Waals surface area contributed by atoms with Crippen LogP contribution in [0.5, 0.6) is 0 Å². The Hall–Kier alpha value is -1.90. The topological polar surface area (TPSA) is 59.8 Å². The fourth-order valence-corrected chi connectivity index (χ4v) is 2.04. The van der Waals surface area contributed by atoms with Gasteiger partial charge in [0.05, 0.1) is 23.9 Å². The van der Waals surface area contributed by atoms with Crippen LogP contribution < -0.4 is 5.32 Å². The molecule has 0 saturated carbocycles. The molecule has 0 aliphatic heterocycles. The average molecular weight is 363 g/mol. The molecule has 0 aliphatic rings. The number of amides is 1. The average Bonchev–Trinajstić information content (AvgIpc) is 2.90. The highest BCUT2D eigenvalue weighted by Crippen LogP contribution is 2.33. The molecule has 9 heteroatoms. The Labute approximate surface area is 126 Å². The van der Waals surface area contributed by atoms with Gasteiger partial charge in [0.15, 0.2) is 0 Å². The maximum atomic E-state index is 12.9. The van der Waals surface area contributed by atoms with Crippen LogP contribution in [0.25, 0.3) is 0 Å². The third-order valence-corrected chi connectivity index (χ3v) is 3.12. The standard InChI is InChI=1S/C12H10BrF3N4O/c13-8-1-2-9(10(7-8)12(14,15)16)11(21)17-3-5-20-6-4-18-19-20/h1-2,4,6-7H,3,5H2,(H,17,21). The van der Waals surface area contributed by atoms with Crippen molar-refractivity contribution in [2.24, 2.45) is 0 Å². The van der Waals surface area contributed by atoms with E-state index in [9.17, 15) is 18.0 Å². The first kappa shape index (κ1) is 15.5. The molecule has 21 heavy (non-hydrogen) atoms. The van der Waals surface area contributed by atoms with Crippen LogP contribution in [-0.2, 0) is 12.7 Å². The number of alkyl halides is 3. The molecule has 2 rings (SSSR count). The quantitative estimate of drug-likeness (QED) is 0.908. The van der Waals surface area contributed by atoms with Gasteiger partial charge in [0.2, 0.25) is 0 Å². The van der Waals surface area contributed by atoms with E-state index in [-0.39, 0.29) is 11.0 Å². The Morgan fingerprint density at radius 2 is 2.14 bits per heavy atom. The van der Waals surface area contributed by atoms with Gasteiger partial charge in [-0.2, -0.15) is 13.2 Å². The zero-order valence-corrected chi connectivity index (χ0v) is 12.1. The van der Waals surface area contributed by atoms with Gasteiger partial charge in [-0.05, 0) is 18.2 Å². The van der Waals surface area contributed by atoms with Crippen molar-refractivity contribution in [2.75, 3.05) is 6.54 Å². The van der Waals surface area contributed by atoms with Crippen LogP contribution in [0.2, 0.25) is 0 Å². The number of nitrogens with zero attached hydrogens (tertiary/aromatic N) is 3. The summed E-state index contributed by atoms with van der Waals surface area (Å²) < 4.78 is 40.5. The van der Waals surface area contributed by atoms with E-state index in [1.165, 1.54) is 16.9 Å². The summed E-state index contributed by atoms with van der Waals surface area (Å²) in [6.45, 7) is 0.471. The van der Waals surface area contributed by atoms with Gasteiger partial charge in [-0.3, -0.25) is 9.48 Å². The molecular formula is C12H10BrF3N4O. The fraction of sp³-hybridized carbons (Fsp3) is 0.250. The van der Waals surface area contributed by atoms with E-state index in [1.807, 2.05) is 0 Å². The van der Waals surface area contributed by atoms with E-state index in [4.69, 9.17) is 0 Å². The number of halogens is 4. The van der Waals surface area contributed by atoms with E-state index in [1.54, 1.807) is 6.20 Å². The third kappa shape index (κ3) is 4.03. The van der Waals surface area contributed by atoms with Crippen LogP contribution in [0, 0.1) is 0 Å². The van der Waals surface area contributed by atoms with E-state index in [0.717, 1.165) is 12.1 Å². The molecule has 1 N–H and O–H groups in total. The second-order valence-electron chi connectivity index (χ2n) is 4.11. The number of aromatic nitrogens is 3. The summed E-state index contributed by atoms with van der Waals surface area (Å²) in [6, 6.07) is 3.41. The zero-order valence-electron chi connectivity index (χ0n) is 10.6. The SMILES string of the molecule is O=C(NCCn1ccnn1)c1ccc(Br)cc1C(F)(F)F. The number of nitrogens with one attached hydrogen (secondary N) is 1. The summed E-state index contributed by atoms with van der Waals surface area (Å²) in [7, 11) is 0. The molecule has 1 aromatic carbocycles. The smallest absolute Gasteiger partial charge is 0.350 e. The zero-order chi connectivity index (χ0) is 15.5. The monoisotopic (exact) mass is 362 g/mol. The summed E-state index contributed by atoms with van der Waals surface area (Å²) >= 11 is 2.97. The largest absolute Gasteiger partial charge is 0.417 e. The van der Waals surface area contributed by atoms with Gasteiger partial charge in [0.25, 0.3) is 5.91 Å². The Morgan fingerprint density at radius 1 is 1.38 bits per heavy atom. The Balaban J connectivity index is 2.08. The predicted octanol–water partition coefficient (Wildman–Crippen LogP) is 2.49. The van der Waals surface area contributed by atoms with Crippen LogP contribution >= 0.6 is 15.9 Å². The molecule has 0 saturated heterocycles. The van der Waals surface area contributed by atoms with Crippen LogP contribution in [0.15, 0.2) is 35.1 Å². The maximum Gasteiger partial charge on any atom is 0.417 e. The van der Waals surface area contributed by atoms with Gasteiger partial charge in [-0.25, -0.2) is 0 Å². The van der Waals surface area contributed by atoms with Gasteiger partial charge in [-0.15, -0.1) is 5.10 Å². The maximum absolute atomic E-state index is 12.9. The van der Waals surface area contributed by atoms with Gasteiger partial charge in [0, 0.05) is 17.2 Å². The van der Waals surface area contributed by atoms with Crippen molar-refractivity contribution in [1.29, 1.82) is 0 Å². The van der Waals surface area contributed by atoms with Crippen molar-refractivity contribution < 1.29 is 18.0 Å². The molecule has 0 bridgehead atoms. The number of benzene rings is 1. The molecule has 0 spiro atoms. The Morgan fingerprint density at radius 3 is 2.76 bits per heavy atom. The van der Waals surface area contributed by atoms with E-state index < -0.39 is 23.2 Å². The molecule has 1 amide bonds. The second kappa shape index (κ2) is 6.25. The minimum atomic E-state index is -4.59. The normalized spacial score (nSPS) is 11.4. The first-order chi connectivity index (χ1) is 9.88. The second-order valence-corrected chi connectivity index (χ2v) is 5.03. The summed E-state index contributed by atoms with van der Waals surface area (Å²) in [6.07, 6.45) is -1.53. The van der Waals surface area contributed by atoms with Crippen molar-refractivity contribution in [3.8, 4) is 0 Å². The molecule has 0 radical (unpaired) electrons. The lowest BCUT2D eigenvalue weighted by Crippen LogP contribution is -2.29. The summed E-state index contributed by atoms with van der Waals surface area (Å²) in [5.74, 6) is -0.782. The lowest BCUT2D eigenvalue weighted by atomic mass is 10.1. The molecule has 112 valence electrons. The molecule has 0 aliphatic carbocycles. The van der Waals surface area contributed by atoms with Crippen molar-refractivity contribution in [3.63, 3.8) is 0 Å². The highest BCUT2D eigenvalue weighted by atomic mass is 79.9. The molecule has 0 fully saturated rings. The summed E-state index contributed by atoms with van der Waals surface area (Å²) in [5, 5.41) is 9.69. The van der Waals surface area contributed by atoms with Crippen LogP contribution in [-0.4, -0.2) is 27.4 Å². The van der Waals surface area contributed by atoms with E-state index in [2.05, 4.69) is 31.6 Å². The summed E-state index contributed by atoms with van der Waals surface area (Å²) in [5.41, 5.74) is -1.39. The molecule has 1 heterocycles. The Bertz CT molecular complexity index is 628. The Kier molecular flexibility index (Phi) is 4.61. The lowest BCUT2D eigenvalue weighted by Gasteiger charge is -2.13. The number of hydrogen-bond acceptors (Lipinski definition) is 3. The molecule has 0 unspecified atom stereocenters. The van der Waals surface area contributed by atoms with Gasteiger partial charge < -0.3 is 5.32 Å². The van der Waals surface area contributed by atoms with Crippen molar-refractivity contribution >= 4 is 21.8 Å². The van der Waals surface area contributed by atoms with Gasteiger partial charge in [0.1, 0.15) is 0 Å². The molecular weight excluding hydrogens is 353 g/mol. The first-order valence-corrected chi connectivity index (χ1v) is 6.66. The predicted molar refractivity (Wildman–Crippen MR) is 71.5 cm³/mol. The first-order valence-electron chi connectivity index (χ1n) is 5.87. The minimum absolute atomic E-state index is 0.148. The van der Waals surface area contributed by atoms with Crippen LogP contribution in [0.1, 0.15) is 15.9 Å². The molecule has 2 aromatic rings. The van der Waals surface area contributed by atoms with Crippen molar-refractivity contribution in [2.45, 2.75) is 12.7 Å². The molecule has 1 aromatic heterocycles. The molecule has 5 nitrogen and oxygen atoms in total. The van der Waals surface area contributed by atoms with Crippen molar-refractivity contribution in [1.82, 2.24) is 20.3 Å². The number of rotatable bonds is 4. The fourth-order valence-electron chi connectivity index (χ4n) is 1.68. The lowest BCUT2D eigenvalue weighted by molar-refractivity contribution is -0.138. The highest BCUT2D eigenvalue weighted by molar-refractivity contribution is 9.10. The molecule has 0 atom stereocenters. The third-order valence-electron chi connectivity index (χ3n) is 2.63. The van der Waals surface area contributed by atoms with Gasteiger partial charge >= 0.3 is 6.18 Å². The number of carbonyl (C=O) groups is 1. The van der Waals surface area contributed by atoms with E-state index >= 15 is 0 Å². The van der Waals surface area contributed by atoms with E-state index in [0.29, 0.717) is 6.54 Å². The van der Waals surface area contributed by atoms with Crippen molar-refractivity contribution in [3.05, 3.63) is 46.2 Å². The van der Waals surface area contributed by atoms with Crippen LogP contribution in [0.3, 0.4) is 0 Å².